The predicted octanol–water partition coefficient (Wildman–Crippen LogP) is 2.30. The van der Waals surface area contributed by atoms with Gasteiger partial charge in [0.25, 0.3) is 0 Å². The Balaban J connectivity index is 1.91. The number of nitrogens with one attached hydrogen (secondary N) is 1. The maximum Gasteiger partial charge on any atom is 0.224 e. The minimum Gasteiger partial charge on any atom is -0.388 e. The Bertz CT molecular complexity index is 466. The van der Waals surface area contributed by atoms with Gasteiger partial charge >= 0.3 is 0 Å². The molecule has 1 aliphatic carbocycles. The highest BCUT2D eigenvalue weighted by molar-refractivity contribution is 6.31. The fourth-order valence-electron chi connectivity index (χ4n) is 2.05. The first-order chi connectivity index (χ1) is 8.90. The average Bonchev–Trinajstić information content (AvgIpc) is 3.16. The Morgan fingerprint density at radius 2 is 2.26 bits per heavy atom. The van der Waals surface area contributed by atoms with E-state index in [9.17, 15) is 14.3 Å². The van der Waals surface area contributed by atoms with E-state index in [1.165, 1.54) is 12.1 Å². The minimum atomic E-state index is -0.880. The van der Waals surface area contributed by atoms with Crippen molar-refractivity contribution in [2.45, 2.75) is 31.8 Å². The van der Waals surface area contributed by atoms with Gasteiger partial charge in [0, 0.05) is 17.1 Å². The molecular weight excluding hydrogens is 269 g/mol. The van der Waals surface area contributed by atoms with Crippen LogP contribution in [0.5, 0.6) is 0 Å². The molecule has 0 saturated heterocycles. The van der Waals surface area contributed by atoms with Crippen LogP contribution in [0.3, 0.4) is 0 Å². The van der Waals surface area contributed by atoms with E-state index in [2.05, 4.69) is 5.32 Å². The quantitative estimate of drug-likeness (QED) is 0.872. The van der Waals surface area contributed by atoms with Gasteiger partial charge in [0.2, 0.25) is 5.91 Å². The van der Waals surface area contributed by atoms with Crippen LogP contribution < -0.4 is 5.32 Å². The largest absolute Gasteiger partial charge is 0.388 e. The monoisotopic (exact) mass is 285 g/mol. The van der Waals surface area contributed by atoms with E-state index in [0.29, 0.717) is 0 Å². The fraction of sp³-hybridized carbons (Fsp3) is 0.500. The predicted molar refractivity (Wildman–Crippen MR) is 71.5 cm³/mol. The second-order valence-corrected chi connectivity index (χ2v) is 5.69. The lowest BCUT2D eigenvalue weighted by Gasteiger charge is -2.23. The molecule has 2 N–H and O–H groups in total. The second kappa shape index (κ2) is 5.47. The molecule has 0 radical (unpaired) electrons. The third-order valence-corrected chi connectivity index (χ3v) is 3.85. The van der Waals surface area contributed by atoms with Gasteiger partial charge in [0.1, 0.15) is 5.82 Å². The molecule has 1 atom stereocenters. The Labute approximate surface area is 116 Å². The molecule has 0 heterocycles. The number of carbonyl (C=O) groups excluding carboxylic acids is 1. The van der Waals surface area contributed by atoms with Crippen molar-refractivity contribution in [3.8, 4) is 0 Å². The molecule has 5 heteroatoms. The normalized spacial score (nSPS) is 17.9. The van der Waals surface area contributed by atoms with Gasteiger partial charge in [0.05, 0.1) is 12.0 Å². The number of halogens is 2. The third kappa shape index (κ3) is 3.67. The zero-order valence-electron chi connectivity index (χ0n) is 10.7. The first-order valence-corrected chi connectivity index (χ1v) is 6.70. The highest BCUT2D eigenvalue weighted by atomic mass is 35.5. The molecule has 104 valence electrons. The summed E-state index contributed by atoms with van der Waals surface area (Å²) in [6, 6.07) is 4.32. The average molecular weight is 286 g/mol. The molecule has 1 unspecified atom stereocenters. The summed E-state index contributed by atoms with van der Waals surface area (Å²) >= 11 is 5.85. The number of hydrogen-bond donors (Lipinski definition) is 2. The van der Waals surface area contributed by atoms with E-state index < -0.39 is 11.4 Å². The third-order valence-electron chi connectivity index (χ3n) is 3.50. The Kier molecular flexibility index (Phi) is 4.11. The molecule has 0 spiro atoms. The molecule has 3 nitrogen and oxygen atoms in total. The SMILES string of the molecule is CC(O)(CNC(=O)Cc1c(F)cccc1Cl)C1CC1. The maximum absolute atomic E-state index is 13.5. The summed E-state index contributed by atoms with van der Waals surface area (Å²) in [6.07, 6.45) is 1.86. The van der Waals surface area contributed by atoms with Gasteiger partial charge in [-0.15, -0.1) is 0 Å². The van der Waals surface area contributed by atoms with Gasteiger partial charge in [0.15, 0.2) is 0 Å². The molecule has 1 fully saturated rings. The van der Waals surface area contributed by atoms with Crippen molar-refractivity contribution < 1.29 is 14.3 Å². The van der Waals surface area contributed by atoms with Crippen LogP contribution in [-0.2, 0) is 11.2 Å². The van der Waals surface area contributed by atoms with Crippen molar-refractivity contribution in [2.24, 2.45) is 5.92 Å². The number of carbonyl (C=O) groups is 1. The highest BCUT2D eigenvalue weighted by Gasteiger charge is 2.39. The smallest absolute Gasteiger partial charge is 0.224 e. The summed E-state index contributed by atoms with van der Waals surface area (Å²) in [6.45, 7) is 1.89. The number of benzene rings is 1. The van der Waals surface area contributed by atoms with Crippen LogP contribution in [0, 0.1) is 11.7 Å². The van der Waals surface area contributed by atoms with Gasteiger partial charge in [-0.1, -0.05) is 17.7 Å². The van der Waals surface area contributed by atoms with E-state index in [1.54, 1.807) is 13.0 Å². The lowest BCUT2D eigenvalue weighted by molar-refractivity contribution is -0.121. The van der Waals surface area contributed by atoms with Crippen LogP contribution in [0.15, 0.2) is 18.2 Å². The molecule has 1 saturated carbocycles. The van der Waals surface area contributed by atoms with Crippen molar-refractivity contribution in [2.75, 3.05) is 6.54 Å². The maximum atomic E-state index is 13.5. The second-order valence-electron chi connectivity index (χ2n) is 5.29. The molecule has 1 aliphatic rings. The molecule has 0 aromatic heterocycles. The lowest BCUT2D eigenvalue weighted by atomic mass is 10.0. The molecule has 1 aromatic rings. The number of aliphatic hydroxyl groups is 1. The molecule has 0 bridgehead atoms. The van der Waals surface area contributed by atoms with E-state index in [0.717, 1.165) is 12.8 Å². The van der Waals surface area contributed by atoms with Crippen molar-refractivity contribution in [1.29, 1.82) is 0 Å². The minimum absolute atomic E-state index is 0.119. The van der Waals surface area contributed by atoms with Crippen molar-refractivity contribution in [3.63, 3.8) is 0 Å². The zero-order valence-corrected chi connectivity index (χ0v) is 11.5. The number of hydrogen-bond acceptors (Lipinski definition) is 2. The Morgan fingerprint density at radius 3 is 2.84 bits per heavy atom. The lowest BCUT2D eigenvalue weighted by Crippen LogP contribution is -2.42. The van der Waals surface area contributed by atoms with Crippen LogP contribution in [-0.4, -0.2) is 23.2 Å². The summed E-state index contributed by atoms with van der Waals surface area (Å²) in [7, 11) is 0. The summed E-state index contributed by atoms with van der Waals surface area (Å²) < 4.78 is 13.5. The van der Waals surface area contributed by atoms with Crippen LogP contribution in [0.2, 0.25) is 5.02 Å². The molecule has 2 rings (SSSR count). The van der Waals surface area contributed by atoms with Crippen molar-refractivity contribution >= 4 is 17.5 Å². The highest BCUT2D eigenvalue weighted by Crippen LogP contribution is 2.39. The van der Waals surface area contributed by atoms with Crippen molar-refractivity contribution in [3.05, 3.63) is 34.6 Å². The van der Waals surface area contributed by atoms with Crippen LogP contribution in [0.4, 0.5) is 4.39 Å². The zero-order chi connectivity index (χ0) is 14.0. The Hall–Kier alpha value is -1.13. The van der Waals surface area contributed by atoms with Crippen LogP contribution in [0.25, 0.3) is 0 Å². The number of amides is 1. The molecule has 19 heavy (non-hydrogen) atoms. The van der Waals surface area contributed by atoms with Crippen LogP contribution >= 0.6 is 11.6 Å². The van der Waals surface area contributed by atoms with E-state index >= 15 is 0 Å². The molecular formula is C14H17ClFNO2. The first-order valence-electron chi connectivity index (χ1n) is 6.32. The van der Waals surface area contributed by atoms with Gasteiger partial charge in [-0.3, -0.25) is 4.79 Å². The summed E-state index contributed by atoms with van der Waals surface area (Å²) in [5.41, 5.74) is -0.693. The Morgan fingerprint density at radius 1 is 1.58 bits per heavy atom. The van der Waals surface area contributed by atoms with E-state index in [-0.39, 0.29) is 35.4 Å². The van der Waals surface area contributed by atoms with Gasteiger partial charge in [-0.2, -0.15) is 0 Å². The topological polar surface area (TPSA) is 49.3 Å². The number of rotatable bonds is 5. The first kappa shape index (κ1) is 14.3. The molecule has 1 amide bonds. The van der Waals surface area contributed by atoms with E-state index in [4.69, 9.17) is 11.6 Å². The van der Waals surface area contributed by atoms with Gasteiger partial charge in [-0.25, -0.2) is 4.39 Å². The van der Waals surface area contributed by atoms with Crippen LogP contribution in [0.1, 0.15) is 25.3 Å². The fourth-order valence-corrected chi connectivity index (χ4v) is 2.28. The standard InChI is InChI=1S/C14H17ClFNO2/c1-14(19,9-5-6-9)8-17-13(18)7-10-11(15)3-2-4-12(10)16/h2-4,9,19H,5-8H2,1H3,(H,17,18). The van der Waals surface area contributed by atoms with Gasteiger partial charge in [-0.05, 0) is 37.8 Å². The summed E-state index contributed by atoms with van der Waals surface area (Å²) in [5.74, 6) is -0.575. The summed E-state index contributed by atoms with van der Waals surface area (Å²) in [5, 5.41) is 12.9. The van der Waals surface area contributed by atoms with E-state index in [1.807, 2.05) is 0 Å². The summed E-state index contributed by atoms with van der Waals surface area (Å²) in [4.78, 5) is 11.8. The van der Waals surface area contributed by atoms with Crippen molar-refractivity contribution in [1.82, 2.24) is 5.32 Å². The van der Waals surface area contributed by atoms with Gasteiger partial charge < -0.3 is 10.4 Å². The molecule has 0 aliphatic heterocycles. The molecule has 1 aromatic carbocycles.